The van der Waals surface area contributed by atoms with Gasteiger partial charge in [0.1, 0.15) is 0 Å². The first-order valence-corrected chi connectivity index (χ1v) is 5.59. The maximum Gasteiger partial charge on any atom is 0.0430 e. The van der Waals surface area contributed by atoms with Gasteiger partial charge in [0.25, 0.3) is 0 Å². The molecule has 1 saturated carbocycles. The molecular weight excluding hydrogens is 168 g/mol. The van der Waals surface area contributed by atoms with Crippen molar-refractivity contribution < 1.29 is 0 Å². The van der Waals surface area contributed by atoms with E-state index in [9.17, 15) is 0 Å². The third kappa shape index (κ3) is 3.62. The molecule has 0 atom stereocenters. The molecule has 1 heteroatoms. The Hall–Kier alpha value is 0.0300. The van der Waals surface area contributed by atoms with E-state index in [0.717, 1.165) is 5.92 Å². The van der Waals surface area contributed by atoms with Crippen molar-refractivity contribution in [3.8, 4) is 0 Å². The average Bonchev–Trinajstić information content (AvgIpc) is 2.33. The minimum absolute atomic E-state index is 0.705. The van der Waals surface area contributed by atoms with Crippen LogP contribution in [-0.2, 0) is 0 Å². The molecule has 0 spiro atoms. The summed E-state index contributed by atoms with van der Waals surface area (Å²) in [4.78, 5) is 0. The molecule has 12 heavy (non-hydrogen) atoms. The van der Waals surface area contributed by atoms with Crippen molar-refractivity contribution in [1.29, 1.82) is 0 Å². The lowest BCUT2D eigenvalue weighted by molar-refractivity contribution is 0.556. The average molecular weight is 187 g/mol. The van der Waals surface area contributed by atoms with E-state index in [1.807, 2.05) is 0 Å². The molecule has 0 amide bonds. The Morgan fingerprint density at radius 1 is 1.25 bits per heavy atom. The van der Waals surface area contributed by atoms with Gasteiger partial charge in [0.2, 0.25) is 0 Å². The predicted molar refractivity (Wildman–Crippen MR) is 55.7 cm³/mol. The number of rotatable bonds is 2. The Labute approximate surface area is 81.0 Å². The van der Waals surface area contributed by atoms with Crippen molar-refractivity contribution >= 4 is 11.6 Å². The SMILES string of the molecule is C/C(=C\C1CCCCCC1)CCl. The molecule has 0 bridgehead atoms. The fourth-order valence-electron chi connectivity index (χ4n) is 1.92. The molecule has 1 rings (SSSR count). The first-order valence-electron chi connectivity index (χ1n) is 5.06. The van der Waals surface area contributed by atoms with Crippen LogP contribution in [0.4, 0.5) is 0 Å². The smallest absolute Gasteiger partial charge is 0.0430 e. The van der Waals surface area contributed by atoms with E-state index >= 15 is 0 Å². The van der Waals surface area contributed by atoms with E-state index in [1.54, 1.807) is 0 Å². The van der Waals surface area contributed by atoms with E-state index in [0.29, 0.717) is 5.88 Å². The molecular formula is C11H19Cl. The minimum atomic E-state index is 0.705. The summed E-state index contributed by atoms with van der Waals surface area (Å²) in [7, 11) is 0. The molecule has 1 aliphatic carbocycles. The highest BCUT2D eigenvalue weighted by Crippen LogP contribution is 2.24. The summed E-state index contributed by atoms with van der Waals surface area (Å²) in [6.45, 7) is 2.14. The second-order valence-electron chi connectivity index (χ2n) is 3.90. The zero-order valence-electron chi connectivity index (χ0n) is 7.98. The molecule has 0 radical (unpaired) electrons. The Morgan fingerprint density at radius 2 is 1.83 bits per heavy atom. The number of halogens is 1. The summed E-state index contributed by atoms with van der Waals surface area (Å²) in [5.74, 6) is 1.53. The van der Waals surface area contributed by atoms with Gasteiger partial charge < -0.3 is 0 Å². The van der Waals surface area contributed by atoms with Crippen LogP contribution in [0.1, 0.15) is 45.4 Å². The van der Waals surface area contributed by atoms with Gasteiger partial charge in [-0.1, -0.05) is 37.3 Å². The fraction of sp³-hybridized carbons (Fsp3) is 0.818. The van der Waals surface area contributed by atoms with Gasteiger partial charge in [-0.25, -0.2) is 0 Å². The van der Waals surface area contributed by atoms with Gasteiger partial charge in [0.15, 0.2) is 0 Å². The fourth-order valence-corrected chi connectivity index (χ4v) is 2.01. The van der Waals surface area contributed by atoms with Gasteiger partial charge in [0.05, 0.1) is 0 Å². The lowest BCUT2D eigenvalue weighted by Gasteiger charge is -2.08. The van der Waals surface area contributed by atoms with Gasteiger partial charge in [-0.15, -0.1) is 11.6 Å². The van der Waals surface area contributed by atoms with Crippen molar-refractivity contribution in [2.45, 2.75) is 45.4 Å². The lowest BCUT2D eigenvalue weighted by atomic mass is 9.98. The molecule has 0 aliphatic heterocycles. The summed E-state index contributed by atoms with van der Waals surface area (Å²) in [6, 6.07) is 0. The maximum atomic E-state index is 5.74. The van der Waals surface area contributed by atoms with Crippen LogP contribution in [0.25, 0.3) is 0 Å². The van der Waals surface area contributed by atoms with Gasteiger partial charge in [-0.05, 0) is 25.7 Å². The van der Waals surface area contributed by atoms with E-state index in [1.165, 1.54) is 44.1 Å². The number of allylic oxidation sites excluding steroid dienone is 2. The van der Waals surface area contributed by atoms with Crippen molar-refractivity contribution in [2.75, 3.05) is 5.88 Å². The highest BCUT2D eigenvalue weighted by molar-refractivity contribution is 6.19. The van der Waals surface area contributed by atoms with Crippen LogP contribution in [0.2, 0.25) is 0 Å². The number of alkyl halides is 1. The van der Waals surface area contributed by atoms with E-state index in [-0.39, 0.29) is 0 Å². The maximum absolute atomic E-state index is 5.74. The van der Waals surface area contributed by atoms with Gasteiger partial charge in [-0.3, -0.25) is 0 Å². The largest absolute Gasteiger partial charge is 0.122 e. The summed E-state index contributed by atoms with van der Waals surface area (Å²) in [5.41, 5.74) is 1.35. The van der Waals surface area contributed by atoms with Crippen LogP contribution in [0, 0.1) is 5.92 Å². The molecule has 1 fully saturated rings. The van der Waals surface area contributed by atoms with Crippen molar-refractivity contribution in [3.05, 3.63) is 11.6 Å². The van der Waals surface area contributed by atoms with Gasteiger partial charge in [0, 0.05) is 5.88 Å². The zero-order chi connectivity index (χ0) is 8.81. The second kappa shape index (κ2) is 5.64. The van der Waals surface area contributed by atoms with Crippen LogP contribution in [-0.4, -0.2) is 5.88 Å². The van der Waals surface area contributed by atoms with Crippen LogP contribution < -0.4 is 0 Å². The molecule has 0 unspecified atom stereocenters. The third-order valence-corrected chi connectivity index (χ3v) is 3.05. The van der Waals surface area contributed by atoms with E-state index in [4.69, 9.17) is 11.6 Å². The molecule has 0 N–H and O–H groups in total. The Balaban J connectivity index is 2.38. The van der Waals surface area contributed by atoms with Crippen molar-refractivity contribution in [3.63, 3.8) is 0 Å². The molecule has 0 saturated heterocycles. The normalized spacial score (nSPS) is 22.3. The Morgan fingerprint density at radius 3 is 2.33 bits per heavy atom. The van der Waals surface area contributed by atoms with Gasteiger partial charge in [-0.2, -0.15) is 0 Å². The zero-order valence-corrected chi connectivity index (χ0v) is 8.74. The summed E-state index contributed by atoms with van der Waals surface area (Å²) >= 11 is 5.74. The molecule has 70 valence electrons. The second-order valence-corrected chi connectivity index (χ2v) is 4.17. The molecule has 0 aromatic carbocycles. The van der Waals surface area contributed by atoms with Crippen molar-refractivity contribution in [2.24, 2.45) is 5.92 Å². The first kappa shape index (κ1) is 10.1. The Kier molecular flexibility index (Phi) is 4.75. The van der Waals surface area contributed by atoms with Gasteiger partial charge >= 0.3 is 0 Å². The third-order valence-electron chi connectivity index (χ3n) is 2.63. The van der Waals surface area contributed by atoms with Crippen LogP contribution in [0.3, 0.4) is 0 Å². The molecule has 0 aromatic rings. The van der Waals surface area contributed by atoms with Crippen LogP contribution >= 0.6 is 11.6 Å². The quantitative estimate of drug-likeness (QED) is 0.346. The molecule has 0 nitrogen and oxygen atoms in total. The highest BCUT2D eigenvalue weighted by Gasteiger charge is 2.09. The van der Waals surface area contributed by atoms with Crippen LogP contribution in [0.15, 0.2) is 11.6 Å². The van der Waals surface area contributed by atoms with Crippen molar-refractivity contribution in [1.82, 2.24) is 0 Å². The number of hydrogen-bond donors (Lipinski definition) is 0. The lowest BCUT2D eigenvalue weighted by Crippen LogP contribution is -1.95. The standard InChI is InChI=1S/C11H19Cl/c1-10(9-12)8-11-6-4-2-3-5-7-11/h8,11H,2-7,9H2,1H3/b10-8+. The molecule has 0 heterocycles. The van der Waals surface area contributed by atoms with Crippen LogP contribution in [0.5, 0.6) is 0 Å². The van der Waals surface area contributed by atoms with E-state index < -0.39 is 0 Å². The minimum Gasteiger partial charge on any atom is -0.122 e. The predicted octanol–water partition coefficient (Wildman–Crippen LogP) is 4.14. The monoisotopic (exact) mass is 186 g/mol. The topological polar surface area (TPSA) is 0 Å². The summed E-state index contributed by atoms with van der Waals surface area (Å²) < 4.78 is 0. The summed E-state index contributed by atoms with van der Waals surface area (Å²) in [6.07, 6.45) is 10.8. The summed E-state index contributed by atoms with van der Waals surface area (Å²) in [5, 5.41) is 0. The number of hydrogen-bond acceptors (Lipinski definition) is 0. The van der Waals surface area contributed by atoms with E-state index in [2.05, 4.69) is 13.0 Å². The highest BCUT2D eigenvalue weighted by atomic mass is 35.5. The molecule has 0 aromatic heterocycles. The molecule has 1 aliphatic rings. The first-order chi connectivity index (χ1) is 5.83. The Bertz CT molecular complexity index is 141.